The molecule has 0 aromatic heterocycles. The number of nitrogens with zero attached hydrogens (tertiary/aromatic N) is 1. The van der Waals surface area contributed by atoms with Crippen molar-refractivity contribution in [2.24, 2.45) is 11.3 Å². The Bertz CT molecular complexity index is 254. The standard InChI is InChI=1S/C16H32N2/c1-5-10-17-13(2)16(3,4)12-18(15-8-9-15)11-14-6-7-14/h13-15,17H,5-12H2,1-4H3. The Morgan fingerprint density at radius 2 is 1.89 bits per heavy atom. The van der Waals surface area contributed by atoms with Gasteiger partial charge in [-0.25, -0.2) is 0 Å². The molecule has 0 aromatic rings. The Balaban J connectivity index is 1.82. The lowest BCUT2D eigenvalue weighted by atomic mass is 9.84. The highest BCUT2D eigenvalue weighted by Crippen LogP contribution is 2.37. The van der Waals surface area contributed by atoms with Gasteiger partial charge in [0, 0.05) is 25.2 Å². The molecule has 18 heavy (non-hydrogen) atoms. The summed E-state index contributed by atoms with van der Waals surface area (Å²) in [5.74, 6) is 1.03. The van der Waals surface area contributed by atoms with E-state index in [-0.39, 0.29) is 0 Å². The van der Waals surface area contributed by atoms with Gasteiger partial charge in [0.15, 0.2) is 0 Å². The van der Waals surface area contributed by atoms with Crippen molar-refractivity contribution in [2.45, 2.75) is 71.9 Å². The first kappa shape index (κ1) is 14.3. The van der Waals surface area contributed by atoms with Crippen LogP contribution in [-0.4, -0.2) is 36.6 Å². The molecule has 0 bridgehead atoms. The first-order valence-corrected chi connectivity index (χ1v) is 8.00. The van der Waals surface area contributed by atoms with Crippen molar-refractivity contribution in [1.82, 2.24) is 10.2 Å². The van der Waals surface area contributed by atoms with Crippen molar-refractivity contribution in [3.8, 4) is 0 Å². The fourth-order valence-electron chi connectivity index (χ4n) is 2.71. The van der Waals surface area contributed by atoms with Gasteiger partial charge < -0.3 is 5.32 Å². The highest BCUT2D eigenvalue weighted by Gasteiger charge is 2.37. The summed E-state index contributed by atoms with van der Waals surface area (Å²) in [6.07, 6.45) is 7.08. The van der Waals surface area contributed by atoms with Crippen LogP contribution in [0.3, 0.4) is 0 Å². The van der Waals surface area contributed by atoms with Gasteiger partial charge in [0.2, 0.25) is 0 Å². The van der Waals surface area contributed by atoms with E-state index in [1.54, 1.807) is 0 Å². The van der Waals surface area contributed by atoms with Gasteiger partial charge >= 0.3 is 0 Å². The topological polar surface area (TPSA) is 15.3 Å². The van der Waals surface area contributed by atoms with Crippen LogP contribution >= 0.6 is 0 Å². The smallest absolute Gasteiger partial charge is 0.0102 e. The lowest BCUT2D eigenvalue weighted by Crippen LogP contribution is -2.48. The molecule has 1 atom stereocenters. The summed E-state index contributed by atoms with van der Waals surface area (Å²) >= 11 is 0. The van der Waals surface area contributed by atoms with Crippen LogP contribution in [0.25, 0.3) is 0 Å². The highest BCUT2D eigenvalue weighted by molar-refractivity contribution is 4.93. The van der Waals surface area contributed by atoms with Gasteiger partial charge in [-0.2, -0.15) is 0 Å². The molecule has 2 saturated carbocycles. The molecule has 0 spiro atoms. The Labute approximate surface area is 114 Å². The predicted molar refractivity (Wildman–Crippen MR) is 78.9 cm³/mol. The third kappa shape index (κ3) is 4.24. The lowest BCUT2D eigenvalue weighted by Gasteiger charge is -2.38. The molecule has 0 saturated heterocycles. The molecule has 0 aromatic carbocycles. The van der Waals surface area contributed by atoms with Gasteiger partial charge in [-0.1, -0.05) is 20.8 Å². The minimum Gasteiger partial charge on any atom is -0.314 e. The molecule has 0 aliphatic heterocycles. The van der Waals surface area contributed by atoms with E-state index in [4.69, 9.17) is 0 Å². The van der Waals surface area contributed by atoms with Crippen molar-refractivity contribution >= 4 is 0 Å². The number of rotatable bonds is 9. The second-order valence-electron chi connectivity index (χ2n) is 7.27. The molecule has 2 nitrogen and oxygen atoms in total. The van der Waals surface area contributed by atoms with Crippen LogP contribution in [0.1, 0.15) is 59.8 Å². The molecular weight excluding hydrogens is 220 g/mol. The SMILES string of the molecule is CCCNC(C)C(C)(C)CN(CC1CC1)C1CC1. The monoisotopic (exact) mass is 252 g/mol. The van der Waals surface area contributed by atoms with Gasteiger partial charge in [-0.3, -0.25) is 4.90 Å². The fraction of sp³-hybridized carbons (Fsp3) is 1.00. The van der Waals surface area contributed by atoms with Crippen molar-refractivity contribution in [3.05, 3.63) is 0 Å². The minimum absolute atomic E-state index is 0.382. The third-order valence-corrected chi connectivity index (χ3v) is 4.74. The summed E-state index contributed by atoms with van der Waals surface area (Å²) in [4.78, 5) is 2.79. The molecule has 2 heteroatoms. The number of hydrogen-bond donors (Lipinski definition) is 1. The first-order valence-electron chi connectivity index (χ1n) is 8.00. The number of nitrogens with one attached hydrogen (secondary N) is 1. The molecule has 2 aliphatic rings. The first-order chi connectivity index (χ1) is 8.53. The summed E-state index contributed by atoms with van der Waals surface area (Å²) in [5, 5.41) is 3.68. The summed E-state index contributed by atoms with van der Waals surface area (Å²) in [6.45, 7) is 13.3. The van der Waals surface area contributed by atoms with Crippen molar-refractivity contribution in [1.29, 1.82) is 0 Å². The molecule has 1 unspecified atom stereocenters. The van der Waals surface area contributed by atoms with Gasteiger partial charge in [-0.15, -0.1) is 0 Å². The molecular formula is C16H32N2. The van der Waals surface area contributed by atoms with E-state index < -0.39 is 0 Å². The van der Waals surface area contributed by atoms with Crippen LogP contribution in [0.4, 0.5) is 0 Å². The maximum absolute atomic E-state index is 3.68. The Morgan fingerprint density at radius 3 is 2.39 bits per heavy atom. The van der Waals surface area contributed by atoms with Crippen molar-refractivity contribution in [3.63, 3.8) is 0 Å². The molecule has 2 aliphatic carbocycles. The van der Waals surface area contributed by atoms with Crippen LogP contribution in [0.15, 0.2) is 0 Å². The summed E-state index contributed by atoms with van der Waals surface area (Å²) in [7, 11) is 0. The zero-order valence-corrected chi connectivity index (χ0v) is 12.8. The van der Waals surface area contributed by atoms with E-state index in [0.29, 0.717) is 11.5 Å². The molecule has 0 amide bonds. The largest absolute Gasteiger partial charge is 0.314 e. The van der Waals surface area contributed by atoms with Gasteiger partial charge in [-0.05, 0) is 56.9 Å². The Morgan fingerprint density at radius 1 is 1.22 bits per heavy atom. The summed E-state index contributed by atoms with van der Waals surface area (Å²) < 4.78 is 0. The zero-order valence-electron chi connectivity index (χ0n) is 12.8. The Hall–Kier alpha value is -0.0800. The lowest BCUT2D eigenvalue weighted by molar-refractivity contribution is 0.132. The van der Waals surface area contributed by atoms with Crippen LogP contribution in [0.5, 0.6) is 0 Å². The fourth-order valence-corrected chi connectivity index (χ4v) is 2.71. The molecule has 0 radical (unpaired) electrons. The maximum Gasteiger partial charge on any atom is 0.0102 e. The van der Waals surface area contributed by atoms with Crippen LogP contribution in [-0.2, 0) is 0 Å². The van der Waals surface area contributed by atoms with Gasteiger partial charge in [0.1, 0.15) is 0 Å². The number of hydrogen-bond acceptors (Lipinski definition) is 2. The molecule has 1 N–H and O–H groups in total. The maximum atomic E-state index is 3.68. The summed E-state index contributed by atoms with van der Waals surface area (Å²) in [6, 6.07) is 1.53. The van der Waals surface area contributed by atoms with Gasteiger partial charge in [0.05, 0.1) is 0 Å². The third-order valence-electron chi connectivity index (χ3n) is 4.74. The zero-order chi connectivity index (χ0) is 13.2. The quantitative estimate of drug-likeness (QED) is 0.677. The molecule has 2 rings (SSSR count). The Kier molecular flexibility index (Phi) is 4.71. The minimum atomic E-state index is 0.382. The second kappa shape index (κ2) is 5.92. The van der Waals surface area contributed by atoms with Crippen LogP contribution in [0.2, 0.25) is 0 Å². The van der Waals surface area contributed by atoms with Crippen LogP contribution < -0.4 is 5.32 Å². The van der Waals surface area contributed by atoms with E-state index in [1.165, 1.54) is 45.2 Å². The molecule has 106 valence electrons. The van der Waals surface area contributed by atoms with Crippen LogP contribution in [0, 0.1) is 11.3 Å². The van der Waals surface area contributed by atoms with Crippen molar-refractivity contribution in [2.75, 3.05) is 19.6 Å². The average molecular weight is 252 g/mol. The highest BCUT2D eigenvalue weighted by atomic mass is 15.2. The predicted octanol–water partition coefficient (Wildman–Crippen LogP) is 3.28. The van der Waals surface area contributed by atoms with E-state index in [9.17, 15) is 0 Å². The van der Waals surface area contributed by atoms with E-state index in [2.05, 4.69) is 37.9 Å². The summed E-state index contributed by atoms with van der Waals surface area (Å²) in [5.41, 5.74) is 0.382. The van der Waals surface area contributed by atoms with E-state index in [0.717, 1.165) is 18.5 Å². The van der Waals surface area contributed by atoms with E-state index >= 15 is 0 Å². The molecule has 2 fully saturated rings. The normalized spacial score (nSPS) is 22.5. The van der Waals surface area contributed by atoms with Crippen molar-refractivity contribution < 1.29 is 0 Å². The molecule has 0 heterocycles. The average Bonchev–Trinajstić information content (AvgIpc) is 3.14. The second-order valence-corrected chi connectivity index (χ2v) is 7.27. The van der Waals surface area contributed by atoms with E-state index in [1.807, 2.05) is 0 Å². The van der Waals surface area contributed by atoms with Gasteiger partial charge in [0.25, 0.3) is 0 Å².